The summed E-state index contributed by atoms with van der Waals surface area (Å²) in [7, 11) is 0. The summed E-state index contributed by atoms with van der Waals surface area (Å²) < 4.78 is 9.34. The summed E-state index contributed by atoms with van der Waals surface area (Å²) in [6, 6.07) is 0. The van der Waals surface area contributed by atoms with Gasteiger partial charge >= 0.3 is 11.9 Å². The van der Waals surface area contributed by atoms with Gasteiger partial charge in [0.05, 0.1) is 5.41 Å². The second-order valence-corrected chi connectivity index (χ2v) is 9.75. The van der Waals surface area contributed by atoms with E-state index in [1.165, 1.54) is 0 Å². The average molecular weight is 363 g/mol. The number of hydrogen-bond donors (Lipinski definition) is 3. The molecular formula is C17H34N2O4S. The van der Waals surface area contributed by atoms with Crippen LogP contribution in [0.4, 0.5) is 0 Å². The Labute approximate surface area is 151 Å². The Morgan fingerprint density at radius 3 is 1.54 bits per heavy atom. The summed E-state index contributed by atoms with van der Waals surface area (Å²) in [5, 5.41) is 0. The summed E-state index contributed by atoms with van der Waals surface area (Å²) in [4.78, 5) is 24.2. The van der Waals surface area contributed by atoms with Gasteiger partial charge in [0.25, 0.3) is 0 Å². The summed E-state index contributed by atoms with van der Waals surface area (Å²) >= 11 is 4.33. The summed E-state index contributed by atoms with van der Waals surface area (Å²) in [6.07, 6.45) is 0.846. The van der Waals surface area contributed by atoms with E-state index in [9.17, 15) is 9.59 Å². The Morgan fingerprint density at radius 2 is 1.17 bits per heavy atom. The van der Waals surface area contributed by atoms with Crippen LogP contribution in [0.5, 0.6) is 0 Å². The van der Waals surface area contributed by atoms with E-state index in [0.717, 1.165) is 0 Å². The molecular weight excluding hydrogens is 328 g/mol. The van der Waals surface area contributed by atoms with Crippen molar-refractivity contribution >= 4 is 24.6 Å². The maximum absolute atomic E-state index is 12.1. The minimum atomic E-state index is -0.995. The Balaban J connectivity index is 4.35. The highest BCUT2D eigenvalue weighted by Gasteiger charge is 2.36. The van der Waals surface area contributed by atoms with Crippen LogP contribution in [0, 0.1) is 5.41 Å². The quantitative estimate of drug-likeness (QED) is 0.329. The number of esters is 2. The van der Waals surface area contributed by atoms with Crippen LogP contribution in [0.2, 0.25) is 0 Å². The fourth-order valence-corrected chi connectivity index (χ4v) is 3.26. The molecule has 0 radical (unpaired) electrons. The fourth-order valence-electron chi connectivity index (χ4n) is 2.79. The van der Waals surface area contributed by atoms with Crippen molar-refractivity contribution in [3.63, 3.8) is 0 Å². The van der Waals surface area contributed by atoms with Gasteiger partial charge in [0, 0.05) is 11.1 Å². The molecule has 0 rings (SSSR count). The molecule has 0 saturated heterocycles. The highest BCUT2D eigenvalue weighted by atomic mass is 32.1. The number of hydrogen-bond acceptors (Lipinski definition) is 7. The zero-order valence-electron chi connectivity index (χ0n) is 16.1. The fraction of sp³-hybridized carbons (Fsp3) is 0.882. The van der Waals surface area contributed by atoms with Gasteiger partial charge in [-0.15, -0.1) is 0 Å². The molecule has 24 heavy (non-hydrogen) atoms. The van der Waals surface area contributed by atoms with Gasteiger partial charge in [-0.05, 0) is 61.3 Å². The van der Waals surface area contributed by atoms with E-state index in [-0.39, 0.29) is 19.2 Å². The third-order valence-corrected chi connectivity index (χ3v) is 3.58. The number of nitrogens with two attached hydrogens (primary N) is 2. The van der Waals surface area contributed by atoms with Gasteiger partial charge in [-0.2, -0.15) is 12.6 Å². The molecule has 4 N–H and O–H groups in total. The Bertz CT molecular complexity index is 406. The molecule has 7 heteroatoms. The van der Waals surface area contributed by atoms with E-state index in [1.807, 2.05) is 27.7 Å². The molecule has 0 aliphatic rings. The van der Waals surface area contributed by atoms with Crippen LogP contribution in [-0.4, -0.2) is 41.0 Å². The van der Waals surface area contributed by atoms with E-state index < -0.39 is 27.2 Å². The lowest BCUT2D eigenvalue weighted by Crippen LogP contribution is -2.44. The van der Waals surface area contributed by atoms with Crippen LogP contribution in [0.15, 0.2) is 0 Å². The van der Waals surface area contributed by atoms with Crippen LogP contribution in [0.1, 0.15) is 61.3 Å². The predicted molar refractivity (Wildman–Crippen MR) is 98.9 cm³/mol. The Kier molecular flexibility index (Phi) is 7.79. The molecule has 0 amide bonds. The zero-order chi connectivity index (χ0) is 19.4. The molecule has 0 fully saturated rings. The zero-order valence-corrected chi connectivity index (χ0v) is 17.0. The molecule has 0 aliphatic heterocycles. The van der Waals surface area contributed by atoms with Crippen molar-refractivity contribution in [1.82, 2.24) is 0 Å². The first-order valence-corrected chi connectivity index (χ1v) is 8.56. The number of rotatable bonds is 9. The first kappa shape index (κ1) is 23.2. The molecule has 1 atom stereocenters. The number of ether oxygens (including phenoxy) is 2. The average Bonchev–Trinajstić information content (AvgIpc) is 2.27. The number of carbonyl (C=O) groups excluding carboxylic acids is 2. The minimum Gasteiger partial charge on any atom is -0.462 e. The highest BCUT2D eigenvalue weighted by molar-refractivity contribution is 7.82. The minimum absolute atomic E-state index is 0.00508. The van der Waals surface area contributed by atoms with Gasteiger partial charge < -0.3 is 20.9 Å². The normalized spacial score (nSPS) is 15.6. The Hall–Kier alpha value is -0.790. The van der Waals surface area contributed by atoms with Gasteiger partial charge in [-0.25, -0.2) is 0 Å². The highest BCUT2D eigenvalue weighted by Crippen LogP contribution is 2.28. The standard InChI is InChI=1S/C17H34N2O4S/c1-14(2,10-15(3,4)18)12(20)22-8-9-23-13(21)17(7,24)11-16(5,6)19/h24H,8-11,18-19H2,1-7H3. The van der Waals surface area contributed by atoms with Crippen molar-refractivity contribution in [1.29, 1.82) is 0 Å². The monoisotopic (exact) mass is 362 g/mol. The summed E-state index contributed by atoms with van der Waals surface area (Å²) in [6.45, 7) is 12.5. The predicted octanol–water partition coefficient (Wildman–Crippen LogP) is 2.04. The van der Waals surface area contributed by atoms with Gasteiger partial charge in [0.15, 0.2) is 0 Å². The first-order valence-electron chi connectivity index (χ1n) is 8.11. The maximum Gasteiger partial charge on any atom is 0.321 e. The van der Waals surface area contributed by atoms with Crippen molar-refractivity contribution in [3.05, 3.63) is 0 Å². The maximum atomic E-state index is 12.1. The van der Waals surface area contributed by atoms with Crippen molar-refractivity contribution in [2.24, 2.45) is 16.9 Å². The van der Waals surface area contributed by atoms with E-state index in [1.54, 1.807) is 20.8 Å². The largest absolute Gasteiger partial charge is 0.462 e. The third-order valence-electron chi connectivity index (χ3n) is 3.24. The topological polar surface area (TPSA) is 105 Å². The van der Waals surface area contributed by atoms with Crippen LogP contribution < -0.4 is 11.5 Å². The van der Waals surface area contributed by atoms with Crippen molar-refractivity contribution in [2.75, 3.05) is 13.2 Å². The van der Waals surface area contributed by atoms with E-state index >= 15 is 0 Å². The van der Waals surface area contributed by atoms with Crippen molar-refractivity contribution in [2.45, 2.75) is 77.1 Å². The second kappa shape index (κ2) is 8.06. The van der Waals surface area contributed by atoms with Gasteiger partial charge in [0.2, 0.25) is 0 Å². The molecule has 142 valence electrons. The molecule has 0 heterocycles. The van der Waals surface area contributed by atoms with E-state index in [4.69, 9.17) is 20.9 Å². The van der Waals surface area contributed by atoms with Gasteiger partial charge in [-0.3, -0.25) is 9.59 Å². The summed E-state index contributed by atoms with van der Waals surface area (Å²) in [5.74, 6) is -0.850. The molecule has 6 nitrogen and oxygen atoms in total. The van der Waals surface area contributed by atoms with Gasteiger partial charge in [-0.1, -0.05) is 0 Å². The van der Waals surface area contributed by atoms with E-state index in [2.05, 4.69) is 12.6 Å². The third kappa shape index (κ3) is 9.49. The lowest BCUT2D eigenvalue weighted by molar-refractivity contribution is -0.160. The molecule has 0 aromatic carbocycles. The number of carbonyl (C=O) groups is 2. The molecule has 0 aromatic rings. The van der Waals surface area contributed by atoms with E-state index in [0.29, 0.717) is 12.8 Å². The number of thiol groups is 1. The van der Waals surface area contributed by atoms with Gasteiger partial charge in [0.1, 0.15) is 18.0 Å². The molecule has 1 unspecified atom stereocenters. The van der Waals surface area contributed by atoms with Crippen molar-refractivity contribution < 1.29 is 19.1 Å². The molecule has 0 aromatic heterocycles. The summed E-state index contributed by atoms with van der Waals surface area (Å²) in [5.41, 5.74) is 10.2. The molecule has 0 saturated carbocycles. The SMILES string of the molecule is CC(C)(N)CC(C)(C)C(=O)OCCOC(=O)C(C)(S)CC(C)(C)N. The molecule has 0 bridgehead atoms. The smallest absolute Gasteiger partial charge is 0.321 e. The lowest BCUT2D eigenvalue weighted by atomic mass is 9.80. The first-order chi connectivity index (χ1) is 10.5. The van der Waals surface area contributed by atoms with Crippen LogP contribution in [0.25, 0.3) is 0 Å². The van der Waals surface area contributed by atoms with Crippen LogP contribution in [0.3, 0.4) is 0 Å². The molecule has 0 aliphatic carbocycles. The second-order valence-electron chi connectivity index (χ2n) is 8.76. The van der Waals surface area contributed by atoms with Crippen LogP contribution >= 0.6 is 12.6 Å². The van der Waals surface area contributed by atoms with Crippen LogP contribution in [-0.2, 0) is 19.1 Å². The lowest BCUT2D eigenvalue weighted by Gasteiger charge is -2.30. The van der Waals surface area contributed by atoms with Crippen molar-refractivity contribution in [3.8, 4) is 0 Å². The molecule has 0 spiro atoms. The Morgan fingerprint density at radius 1 is 0.792 bits per heavy atom.